The standard InChI is InChI=1S/C16H26N2O2/c1-13(2)8-11-20-12-10-18-16(19)15-5-3-14(4-6-15)7-9-17/h3-6,13H,7-12,17H2,1-2H3,(H,18,19). The predicted molar refractivity (Wildman–Crippen MR) is 81.8 cm³/mol. The number of carbonyl (C=O) groups excluding carboxylic acids is 1. The Morgan fingerprint density at radius 1 is 1.25 bits per heavy atom. The SMILES string of the molecule is CC(C)CCOCCNC(=O)c1ccc(CCN)cc1. The van der Waals surface area contributed by atoms with Gasteiger partial charge in [0.25, 0.3) is 5.91 Å². The Labute approximate surface area is 121 Å². The molecule has 0 radical (unpaired) electrons. The number of ether oxygens (including phenoxy) is 1. The molecule has 0 atom stereocenters. The first-order valence-corrected chi connectivity index (χ1v) is 7.28. The van der Waals surface area contributed by atoms with Crippen LogP contribution in [0, 0.1) is 5.92 Å². The molecule has 0 aliphatic carbocycles. The summed E-state index contributed by atoms with van der Waals surface area (Å²) in [4.78, 5) is 11.9. The molecule has 1 rings (SSSR count). The van der Waals surface area contributed by atoms with Crippen LogP contribution in [0.25, 0.3) is 0 Å². The van der Waals surface area contributed by atoms with E-state index in [1.54, 1.807) is 0 Å². The molecule has 112 valence electrons. The van der Waals surface area contributed by atoms with Crippen molar-refractivity contribution in [1.82, 2.24) is 5.32 Å². The highest BCUT2D eigenvalue weighted by Gasteiger charge is 2.04. The number of amides is 1. The summed E-state index contributed by atoms with van der Waals surface area (Å²) in [7, 11) is 0. The van der Waals surface area contributed by atoms with Crippen molar-refractivity contribution in [3.05, 3.63) is 35.4 Å². The number of nitrogens with two attached hydrogens (primary N) is 1. The van der Waals surface area contributed by atoms with Crippen LogP contribution < -0.4 is 11.1 Å². The Balaban J connectivity index is 2.22. The summed E-state index contributed by atoms with van der Waals surface area (Å²) >= 11 is 0. The molecule has 3 N–H and O–H groups in total. The van der Waals surface area contributed by atoms with Gasteiger partial charge in [0.2, 0.25) is 0 Å². The van der Waals surface area contributed by atoms with Crippen LogP contribution in [0.5, 0.6) is 0 Å². The maximum atomic E-state index is 11.9. The second-order valence-corrected chi connectivity index (χ2v) is 5.29. The number of carbonyl (C=O) groups is 1. The minimum absolute atomic E-state index is 0.0586. The molecule has 4 nitrogen and oxygen atoms in total. The quantitative estimate of drug-likeness (QED) is 0.679. The lowest BCUT2D eigenvalue weighted by atomic mass is 10.1. The molecular weight excluding hydrogens is 252 g/mol. The molecule has 0 bridgehead atoms. The molecule has 4 heteroatoms. The highest BCUT2D eigenvalue weighted by Crippen LogP contribution is 2.04. The molecule has 0 saturated carbocycles. The van der Waals surface area contributed by atoms with Gasteiger partial charge in [-0.1, -0.05) is 26.0 Å². The van der Waals surface area contributed by atoms with Crippen LogP contribution in [0.4, 0.5) is 0 Å². The Morgan fingerprint density at radius 2 is 1.95 bits per heavy atom. The zero-order valence-corrected chi connectivity index (χ0v) is 12.5. The Kier molecular flexibility index (Phi) is 7.92. The molecule has 1 aromatic carbocycles. The molecule has 0 saturated heterocycles. The van der Waals surface area contributed by atoms with Gasteiger partial charge in [-0.3, -0.25) is 4.79 Å². The van der Waals surface area contributed by atoms with Crippen molar-refractivity contribution in [3.8, 4) is 0 Å². The number of hydrogen-bond donors (Lipinski definition) is 2. The number of nitrogens with one attached hydrogen (secondary N) is 1. The van der Waals surface area contributed by atoms with Crippen molar-refractivity contribution in [2.45, 2.75) is 26.7 Å². The zero-order chi connectivity index (χ0) is 14.8. The monoisotopic (exact) mass is 278 g/mol. The molecule has 0 heterocycles. The largest absolute Gasteiger partial charge is 0.380 e. The summed E-state index contributed by atoms with van der Waals surface area (Å²) in [6.07, 6.45) is 1.89. The van der Waals surface area contributed by atoms with Crippen LogP contribution in [0.1, 0.15) is 36.2 Å². The Bertz CT molecular complexity index is 388. The summed E-state index contributed by atoms with van der Waals surface area (Å²) in [6, 6.07) is 7.56. The van der Waals surface area contributed by atoms with E-state index in [0.29, 0.717) is 31.2 Å². The first-order chi connectivity index (χ1) is 9.63. The lowest BCUT2D eigenvalue weighted by molar-refractivity contribution is 0.0906. The van der Waals surface area contributed by atoms with Gasteiger partial charge in [0, 0.05) is 18.7 Å². The average molecular weight is 278 g/mol. The molecule has 0 spiro atoms. The first kappa shape index (κ1) is 16.7. The number of rotatable bonds is 9. The molecular formula is C16H26N2O2. The fraction of sp³-hybridized carbons (Fsp3) is 0.562. The van der Waals surface area contributed by atoms with E-state index in [4.69, 9.17) is 10.5 Å². The second-order valence-electron chi connectivity index (χ2n) is 5.29. The third-order valence-electron chi connectivity index (χ3n) is 3.02. The van der Waals surface area contributed by atoms with E-state index >= 15 is 0 Å². The van der Waals surface area contributed by atoms with Crippen LogP contribution >= 0.6 is 0 Å². The van der Waals surface area contributed by atoms with Crippen LogP contribution in [0.15, 0.2) is 24.3 Å². The van der Waals surface area contributed by atoms with Gasteiger partial charge in [0.1, 0.15) is 0 Å². The van der Waals surface area contributed by atoms with Gasteiger partial charge in [0.05, 0.1) is 6.61 Å². The van der Waals surface area contributed by atoms with E-state index in [1.807, 2.05) is 24.3 Å². The fourth-order valence-electron chi connectivity index (χ4n) is 1.75. The van der Waals surface area contributed by atoms with Crippen LogP contribution in [0.3, 0.4) is 0 Å². The van der Waals surface area contributed by atoms with Crippen molar-refractivity contribution in [2.24, 2.45) is 11.7 Å². The van der Waals surface area contributed by atoms with Gasteiger partial charge in [0.15, 0.2) is 0 Å². The van der Waals surface area contributed by atoms with Crippen LogP contribution in [0.2, 0.25) is 0 Å². The van der Waals surface area contributed by atoms with Crippen molar-refractivity contribution < 1.29 is 9.53 Å². The van der Waals surface area contributed by atoms with E-state index in [9.17, 15) is 4.79 Å². The molecule has 1 aromatic rings. The number of hydrogen-bond acceptors (Lipinski definition) is 3. The number of benzene rings is 1. The molecule has 1 amide bonds. The minimum atomic E-state index is -0.0586. The van der Waals surface area contributed by atoms with E-state index in [2.05, 4.69) is 19.2 Å². The summed E-state index contributed by atoms with van der Waals surface area (Å²) in [6.45, 7) is 6.81. The maximum Gasteiger partial charge on any atom is 0.251 e. The second kappa shape index (κ2) is 9.50. The fourth-order valence-corrected chi connectivity index (χ4v) is 1.75. The van der Waals surface area contributed by atoms with E-state index < -0.39 is 0 Å². The van der Waals surface area contributed by atoms with Crippen molar-refractivity contribution in [3.63, 3.8) is 0 Å². The molecule has 20 heavy (non-hydrogen) atoms. The smallest absolute Gasteiger partial charge is 0.251 e. The van der Waals surface area contributed by atoms with Crippen molar-refractivity contribution in [1.29, 1.82) is 0 Å². The van der Waals surface area contributed by atoms with Crippen molar-refractivity contribution >= 4 is 5.91 Å². The topological polar surface area (TPSA) is 64.3 Å². The average Bonchev–Trinajstić information content (AvgIpc) is 2.43. The predicted octanol–water partition coefficient (Wildman–Crippen LogP) is 1.98. The molecule has 0 unspecified atom stereocenters. The third kappa shape index (κ3) is 6.68. The van der Waals surface area contributed by atoms with Crippen LogP contribution in [-0.4, -0.2) is 32.2 Å². The summed E-state index contributed by atoms with van der Waals surface area (Å²) < 4.78 is 5.45. The normalized spacial score (nSPS) is 10.8. The molecule has 0 fully saturated rings. The van der Waals surface area contributed by atoms with Gasteiger partial charge in [-0.15, -0.1) is 0 Å². The van der Waals surface area contributed by atoms with Crippen molar-refractivity contribution in [2.75, 3.05) is 26.3 Å². The van der Waals surface area contributed by atoms with Gasteiger partial charge < -0.3 is 15.8 Å². The summed E-state index contributed by atoms with van der Waals surface area (Å²) in [5.74, 6) is 0.591. The van der Waals surface area contributed by atoms with E-state index in [1.165, 1.54) is 0 Å². The minimum Gasteiger partial charge on any atom is -0.380 e. The Morgan fingerprint density at radius 3 is 2.55 bits per heavy atom. The lowest BCUT2D eigenvalue weighted by Crippen LogP contribution is -2.27. The zero-order valence-electron chi connectivity index (χ0n) is 12.5. The summed E-state index contributed by atoms with van der Waals surface area (Å²) in [5, 5.41) is 2.85. The first-order valence-electron chi connectivity index (χ1n) is 7.28. The van der Waals surface area contributed by atoms with E-state index in [0.717, 1.165) is 25.0 Å². The van der Waals surface area contributed by atoms with Gasteiger partial charge in [-0.25, -0.2) is 0 Å². The highest BCUT2D eigenvalue weighted by atomic mass is 16.5. The maximum absolute atomic E-state index is 11.9. The molecule has 0 aliphatic heterocycles. The highest BCUT2D eigenvalue weighted by molar-refractivity contribution is 5.94. The van der Waals surface area contributed by atoms with Gasteiger partial charge in [-0.05, 0) is 43.0 Å². The van der Waals surface area contributed by atoms with Crippen LogP contribution in [-0.2, 0) is 11.2 Å². The van der Waals surface area contributed by atoms with Gasteiger partial charge >= 0.3 is 0 Å². The van der Waals surface area contributed by atoms with E-state index in [-0.39, 0.29) is 5.91 Å². The molecule has 0 aliphatic rings. The van der Waals surface area contributed by atoms with Gasteiger partial charge in [-0.2, -0.15) is 0 Å². The third-order valence-corrected chi connectivity index (χ3v) is 3.02. The molecule has 0 aromatic heterocycles. The Hall–Kier alpha value is -1.39. The summed E-state index contributed by atoms with van der Waals surface area (Å²) in [5.41, 5.74) is 7.32. The lowest BCUT2D eigenvalue weighted by Gasteiger charge is -2.08.